The van der Waals surface area contributed by atoms with Crippen molar-refractivity contribution in [3.05, 3.63) is 17.9 Å². The zero-order valence-corrected chi connectivity index (χ0v) is 9.96. The molecule has 1 saturated heterocycles. The summed E-state index contributed by atoms with van der Waals surface area (Å²) in [5.41, 5.74) is 0. The minimum absolute atomic E-state index is 0.0463. The van der Waals surface area contributed by atoms with Crippen LogP contribution in [0.4, 0.5) is 0 Å². The molecular formula is C11H13NO4S. The first-order valence-corrected chi connectivity index (χ1v) is 6.29. The maximum atomic E-state index is 11.3. The number of carbonyl (C=O) groups excluding carboxylic acids is 1. The molecule has 1 amide bonds. The second-order valence-electron chi connectivity index (χ2n) is 3.86. The van der Waals surface area contributed by atoms with Gasteiger partial charge in [0.15, 0.2) is 5.09 Å². The highest BCUT2D eigenvalue weighted by molar-refractivity contribution is 7.99. The number of furan rings is 1. The summed E-state index contributed by atoms with van der Waals surface area (Å²) in [4.78, 5) is 22.0. The molecule has 5 nitrogen and oxygen atoms in total. The van der Waals surface area contributed by atoms with Gasteiger partial charge in [-0.15, -0.1) is 0 Å². The van der Waals surface area contributed by atoms with Crippen molar-refractivity contribution >= 4 is 23.6 Å². The van der Waals surface area contributed by atoms with Gasteiger partial charge >= 0.3 is 5.97 Å². The highest BCUT2D eigenvalue weighted by Gasteiger charge is 2.20. The van der Waals surface area contributed by atoms with Crippen LogP contribution >= 0.6 is 11.8 Å². The minimum atomic E-state index is -1.07. The Morgan fingerprint density at radius 2 is 2.35 bits per heavy atom. The van der Waals surface area contributed by atoms with Gasteiger partial charge in [-0.05, 0) is 25.0 Å². The van der Waals surface area contributed by atoms with Crippen molar-refractivity contribution in [2.45, 2.75) is 29.6 Å². The summed E-state index contributed by atoms with van der Waals surface area (Å²) in [6, 6.07) is 3.07. The Morgan fingerprint density at radius 3 is 3.06 bits per heavy atom. The van der Waals surface area contributed by atoms with E-state index in [1.165, 1.54) is 17.8 Å². The molecule has 17 heavy (non-hydrogen) atoms. The number of nitrogens with one attached hydrogen (secondary N) is 1. The van der Waals surface area contributed by atoms with E-state index < -0.39 is 5.97 Å². The van der Waals surface area contributed by atoms with Crippen molar-refractivity contribution in [3.63, 3.8) is 0 Å². The molecule has 0 spiro atoms. The Morgan fingerprint density at radius 1 is 1.53 bits per heavy atom. The quantitative estimate of drug-likeness (QED) is 0.860. The summed E-state index contributed by atoms with van der Waals surface area (Å²) in [6.45, 7) is 0.717. The van der Waals surface area contributed by atoms with Crippen LogP contribution in [0.25, 0.3) is 0 Å². The summed E-state index contributed by atoms with van der Waals surface area (Å²) < 4.78 is 5.16. The Balaban J connectivity index is 1.98. The smallest absolute Gasteiger partial charge is 0.371 e. The van der Waals surface area contributed by atoms with Crippen LogP contribution < -0.4 is 5.32 Å². The summed E-state index contributed by atoms with van der Waals surface area (Å²) in [5.74, 6) is -1.09. The molecule has 1 aliphatic rings. The molecule has 92 valence electrons. The molecule has 2 N–H and O–H groups in total. The molecule has 2 heterocycles. The second kappa shape index (κ2) is 5.27. The lowest BCUT2D eigenvalue weighted by Gasteiger charge is -2.09. The SMILES string of the molecule is O=C1CC(Sc2ccc(C(=O)O)o2)CCCN1. The van der Waals surface area contributed by atoms with E-state index in [-0.39, 0.29) is 16.9 Å². The normalized spacial score (nSPS) is 20.7. The van der Waals surface area contributed by atoms with E-state index in [0.717, 1.165) is 12.8 Å². The number of amides is 1. The first kappa shape index (κ1) is 12.0. The molecule has 0 aliphatic carbocycles. The highest BCUT2D eigenvalue weighted by atomic mass is 32.2. The monoisotopic (exact) mass is 255 g/mol. The van der Waals surface area contributed by atoms with Gasteiger partial charge < -0.3 is 14.8 Å². The Hall–Kier alpha value is -1.43. The van der Waals surface area contributed by atoms with E-state index in [0.29, 0.717) is 18.1 Å². The van der Waals surface area contributed by atoms with E-state index in [4.69, 9.17) is 9.52 Å². The van der Waals surface area contributed by atoms with Crippen molar-refractivity contribution in [1.82, 2.24) is 5.32 Å². The van der Waals surface area contributed by atoms with Gasteiger partial charge in [0, 0.05) is 18.2 Å². The maximum absolute atomic E-state index is 11.3. The third-order valence-corrected chi connectivity index (χ3v) is 3.70. The average Bonchev–Trinajstić information content (AvgIpc) is 2.63. The lowest BCUT2D eigenvalue weighted by atomic mass is 10.2. The van der Waals surface area contributed by atoms with Crippen LogP contribution in [-0.2, 0) is 4.79 Å². The van der Waals surface area contributed by atoms with Crippen molar-refractivity contribution in [2.24, 2.45) is 0 Å². The van der Waals surface area contributed by atoms with Gasteiger partial charge in [-0.2, -0.15) is 0 Å². The van der Waals surface area contributed by atoms with E-state index in [1.54, 1.807) is 6.07 Å². The number of thioether (sulfide) groups is 1. The van der Waals surface area contributed by atoms with E-state index >= 15 is 0 Å². The van der Waals surface area contributed by atoms with Gasteiger partial charge in [-0.25, -0.2) is 4.79 Å². The molecule has 2 rings (SSSR count). The number of hydrogen-bond donors (Lipinski definition) is 2. The fourth-order valence-electron chi connectivity index (χ4n) is 1.70. The van der Waals surface area contributed by atoms with E-state index in [2.05, 4.69) is 5.32 Å². The van der Waals surface area contributed by atoms with Crippen molar-refractivity contribution in [3.8, 4) is 0 Å². The fourth-order valence-corrected chi connectivity index (χ4v) is 2.83. The van der Waals surface area contributed by atoms with Gasteiger partial charge in [0.1, 0.15) is 0 Å². The fraction of sp³-hybridized carbons (Fsp3) is 0.455. The number of aromatic carboxylic acids is 1. The molecule has 1 atom stereocenters. The van der Waals surface area contributed by atoms with Crippen LogP contribution in [0.3, 0.4) is 0 Å². The van der Waals surface area contributed by atoms with Crippen LogP contribution in [0.2, 0.25) is 0 Å². The lowest BCUT2D eigenvalue weighted by Crippen LogP contribution is -2.22. The third kappa shape index (κ3) is 3.26. The van der Waals surface area contributed by atoms with Gasteiger partial charge in [0.2, 0.25) is 11.7 Å². The summed E-state index contributed by atoms with van der Waals surface area (Å²) in [7, 11) is 0. The van der Waals surface area contributed by atoms with Gasteiger partial charge in [0.05, 0.1) is 0 Å². The van der Waals surface area contributed by atoms with Gasteiger partial charge in [-0.3, -0.25) is 4.79 Å². The number of hydrogen-bond acceptors (Lipinski definition) is 4. The first-order valence-electron chi connectivity index (χ1n) is 5.41. The van der Waals surface area contributed by atoms with Gasteiger partial charge in [-0.1, -0.05) is 11.8 Å². The maximum Gasteiger partial charge on any atom is 0.371 e. The predicted molar refractivity (Wildman–Crippen MR) is 62.2 cm³/mol. The number of carbonyl (C=O) groups is 2. The summed E-state index contributed by atoms with van der Waals surface area (Å²) in [5, 5.41) is 12.2. The predicted octanol–water partition coefficient (Wildman–Crippen LogP) is 1.74. The molecule has 0 bridgehead atoms. The van der Waals surface area contributed by atoms with Crippen molar-refractivity contribution < 1.29 is 19.1 Å². The zero-order valence-electron chi connectivity index (χ0n) is 9.14. The van der Waals surface area contributed by atoms with E-state index in [9.17, 15) is 9.59 Å². The highest BCUT2D eigenvalue weighted by Crippen LogP contribution is 2.30. The minimum Gasteiger partial charge on any atom is -0.475 e. The number of carboxylic acids is 1. The molecule has 1 aromatic rings. The molecule has 6 heteroatoms. The third-order valence-electron chi connectivity index (χ3n) is 2.51. The Labute approximate surface area is 103 Å². The second-order valence-corrected chi connectivity index (χ2v) is 5.16. The van der Waals surface area contributed by atoms with Crippen molar-refractivity contribution in [1.29, 1.82) is 0 Å². The molecule has 0 aromatic carbocycles. The molecule has 1 fully saturated rings. The molecule has 1 unspecified atom stereocenters. The number of rotatable bonds is 3. The van der Waals surface area contributed by atoms with Crippen LogP contribution in [-0.4, -0.2) is 28.8 Å². The molecular weight excluding hydrogens is 242 g/mol. The van der Waals surface area contributed by atoms with Crippen molar-refractivity contribution in [2.75, 3.05) is 6.54 Å². The molecule has 1 aliphatic heterocycles. The van der Waals surface area contributed by atoms with Crippen LogP contribution in [0.1, 0.15) is 29.8 Å². The first-order chi connectivity index (χ1) is 8.15. The Kier molecular flexibility index (Phi) is 3.73. The topological polar surface area (TPSA) is 79.5 Å². The van der Waals surface area contributed by atoms with Crippen LogP contribution in [0.5, 0.6) is 0 Å². The molecule has 1 aromatic heterocycles. The zero-order chi connectivity index (χ0) is 12.3. The number of carboxylic acid groups (broad SMARTS) is 1. The Bertz CT molecular complexity index is 429. The van der Waals surface area contributed by atoms with Gasteiger partial charge in [0.25, 0.3) is 0 Å². The van der Waals surface area contributed by atoms with E-state index in [1.807, 2.05) is 0 Å². The summed E-state index contributed by atoms with van der Waals surface area (Å²) in [6.07, 6.45) is 2.32. The standard InChI is InChI=1S/C11H13NO4S/c13-9-6-7(2-1-5-12-9)17-10-4-3-8(16-10)11(14)15/h3-4,7H,1-2,5-6H2,(H,12,13)(H,14,15). The largest absolute Gasteiger partial charge is 0.475 e. The summed E-state index contributed by atoms with van der Waals surface area (Å²) >= 11 is 1.43. The van der Waals surface area contributed by atoms with Crippen LogP contribution in [0.15, 0.2) is 21.6 Å². The molecule has 0 radical (unpaired) electrons. The molecule has 0 saturated carbocycles. The van der Waals surface area contributed by atoms with Crippen LogP contribution in [0, 0.1) is 0 Å². The lowest BCUT2D eigenvalue weighted by molar-refractivity contribution is -0.120. The average molecular weight is 255 g/mol.